The predicted octanol–water partition coefficient (Wildman–Crippen LogP) is 2.64. The largest absolute Gasteiger partial charge is 0.478 e. The van der Waals surface area contributed by atoms with Gasteiger partial charge in [0, 0.05) is 41.7 Å². The summed E-state index contributed by atoms with van der Waals surface area (Å²) in [6.45, 7) is 8.10. The van der Waals surface area contributed by atoms with Gasteiger partial charge >= 0.3 is 5.97 Å². The van der Waals surface area contributed by atoms with Gasteiger partial charge in [0.2, 0.25) is 0 Å². The van der Waals surface area contributed by atoms with Gasteiger partial charge in [0.05, 0.1) is 24.5 Å². The van der Waals surface area contributed by atoms with Crippen molar-refractivity contribution in [3.63, 3.8) is 0 Å². The molecule has 0 radical (unpaired) electrons. The zero-order chi connectivity index (χ0) is 24.5. The summed E-state index contributed by atoms with van der Waals surface area (Å²) >= 11 is 1.35. The molecule has 4 rings (SSSR count). The van der Waals surface area contributed by atoms with E-state index in [1.54, 1.807) is 0 Å². The van der Waals surface area contributed by atoms with Crippen LogP contribution >= 0.6 is 11.3 Å². The van der Waals surface area contributed by atoms with Crippen LogP contribution in [0.4, 0.5) is 10.9 Å². The van der Waals surface area contributed by atoms with Crippen LogP contribution in [0.3, 0.4) is 0 Å². The number of anilines is 2. The fraction of sp³-hybridized carbons (Fsp3) is 0.348. The van der Waals surface area contributed by atoms with Crippen LogP contribution in [0.2, 0.25) is 0 Å². The lowest BCUT2D eigenvalue weighted by Gasteiger charge is -2.29. The second kappa shape index (κ2) is 9.35. The monoisotopic (exact) mass is 483 g/mol. The highest BCUT2D eigenvalue weighted by Crippen LogP contribution is 2.27. The van der Waals surface area contributed by atoms with E-state index in [-0.39, 0.29) is 22.5 Å². The van der Waals surface area contributed by atoms with Crippen molar-refractivity contribution in [2.24, 2.45) is 0 Å². The Morgan fingerprint density at radius 1 is 1.24 bits per heavy atom. The molecule has 0 aliphatic carbocycles. The van der Waals surface area contributed by atoms with Crippen LogP contribution in [0, 0.1) is 0 Å². The Morgan fingerprint density at radius 3 is 2.62 bits per heavy atom. The minimum absolute atomic E-state index is 0.129. The first kappa shape index (κ1) is 23.6. The summed E-state index contributed by atoms with van der Waals surface area (Å²) in [4.78, 5) is 48.1. The third-order valence-electron chi connectivity index (χ3n) is 5.30. The number of nitrogens with one attached hydrogen (secondary N) is 1. The van der Waals surface area contributed by atoms with Gasteiger partial charge in [0.1, 0.15) is 11.5 Å². The van der Waals surface area contributed by atoms with E-state index in [4.69, 9.17) is 9.84 Å². The molecule has 11 heteroatoms. The normalized spacial score (nSPS) is 14.6. The van der Waals surface area contributed by atoms with E-state index in [1.165, 1.54) is 40.1 Å². The number of carbonyl (C=O) groups is 2. The van der Waals surface area contributed by atoms with Crippen LogP contribution in [-0.4, -0.2) is 57.7 Å². The fourth-order valence-corrected chi connectivity index (χ4v) is 4.37. The van der Waals surface area contributed by atoms with Crippen LogP contribution in [-0.2, 0) is 14.9 Å². The molecule has 3 aromatic rings. The molecule has 0 atom stereocenters. The summed E-state index contributed by atoms with van der Waals surface area (Å²) in [6.07, 6.45) is 3.63. The lowest BCUT2D eigenvalue weighted by molar-refractivity contribution is -0.131. The Bertz CT molecular complexity index is 1330. The molecule has 10 nitrogen and oxygen atoms in total. The number of amides is 1. The minimum Gasteiger partial charge on any atom is -0.478 e. The molecule has 3 aromatic heterocycles. The van der Waals surface area contributed by atoms with Crippen molar-refractivity contribution >= 4 is 45.9 Å². The maximum Gasteiger partial charge on any atom is 0.328 e. The van der Waals surface area contributed by atoms with E-state index in [9.17, 15) is 14.4 Å². The topological polar surface area (TPSA) is 126 Å². The number of aromatic nitrogens is 3. The molecule has 1 aliphatic rings. The smallest absolute Gasteiger partial charge is 0.328 e. The average molecular weight is 484 g/mol. The molecule has 0 aromatic carbocycles. The number of morpholine rings is 1. The maximum absolute atomic E-state index is 13.2. The summed E-state index contributed by atoms with van der Waals surface area (Å²) in [7, 11) is 0. The number of carbonyl (C=O) groups excluding carboxylic acids is 1. The lowest BCUT2D eigenvalue weighted by Crippen LogP contribution is -2.38. The van der Waals surface area contributed by atoms with Crippen LogP contribution < -0.4 is 15.8 Å². The van der Waals surface area contributed by atoms with Crippen molar-refractivity contribution in [1.29, 1.82) is 0 Å². The number of hydrogen-bond acceptors (Lipinski definition) is 8. The van der Waals surface area contributed by atoms with Crippen molar-refractivity contribution in [2.45, 2.75) is 26.2 Å². The Kier molecular flexibility index (Phi) is 6.49. The number of carboxylic acids is 1. The van der Waals surface area contributed by atoms with E-state index in [2.05, 4.69) is 15.3 Å². The quantitative estimate of drug-likeness (QED) is 0.531. The number of carboxylic acid groups (broad SMARTS) is 1. The molecule has 0 unspecified atom stereocenters. The van der Waals surface area contributed by atoms with Gasteiger partial charge in [-0.3, -0.25) is 19.3 Å². The van der Waals surface area contributed by atoms with Crippen LogP contribution in [0.5, 0.6) is 0 Å². The Morgan fingerprint density at radius 2 is 1.97 bits per heavy atom. The predicted molar refractivity (Wildman–Crippen MR) is 130 cm³/mol. The lowest BCUT2D eigenvalue weighted by atomic mass is 9.93. The standard InChI is InChI=1S/C23H25N5O5S/c1-23(2,3)16-13-34-22(24-16)26-20(31)14-6-7-28-17(12-14)25-19(27-8-10-33-11-9-27)15(21(28)32)4-5-18(29)30/h4-7,12-13H,8-11H2,1-3H3,(H,29,30)(H,24,26,31). The summed E-state index contributed by atoms with van der Waals surface area (Å²) in [5.41, 5.74) is 1.09. The van der Waals surface area contributed by atoms with E-state index in [1.807, 2.05) is 31.1 Å². The van der Waals surface area contributed by atoms with Gasteiger partial charge in [-0.1, -0.05) is 20.8 Å². The molecule has 1 aliphatic heterocycles. The number of hydrogen-bond donors (Lipinski definition) is 2. The third-order valence-corrected chi connectivity index (χ3v) is 6.06. The summed E-state index contributed by atoms with van der Waals surface area (Å²) < 4.78 is 6.68. The highest BCUT2D eigenvalue weighted by molar-refractivity contribution is 7.14. The highest BCUT2D eigenvalue weighted by atomic mass is 32.1. The van der Waals surface area contributed by atoms with Crippen molar-refractivity contribution < 1.29 is 19.4 Å². The molecule has 0 saturated carbocycles. The second-order valence-electron chi connectivity index (χ2n) is 8.81. The van der Waals surface area contributed by atoms with Crippen molar-refractivity contribution in [1.82, 2.24) is 14.4 Å². The van der Waals surface area contributed by atoms with Crippen molar-refractivity contribution in [2.75, 3.05) is 36.5 Å². The zero-order valence-corrected chi connectivity index (χ0v) is 19.9. The minimum atomic E-state index is -1.17. The maximum atomic E-state index is 13.2. The summed E-state index contributed by atoms with van der Waals surface area (Å²) in [6, 6.07) is 3.05. The molecule has 2 N–H and O–H groups in total. The van der Waals surface area contributed by atoms with Gasteiger partial charge in [-0.2, -0.15) is 0 Å². The average Bonchev–Trinajstić information content (AvgIpc) is 3.27. The molecule has 0 spiro atoms. The number of pyridine rings is 1. The Balaban J connectivity index is 1.71. The first-order valence-corrected chi connectivity index (χ1v) is 11.6. The summed E-state index contributed by atoms with van der Waals surface area (Å²) in [5.74, 6) is -1.17. The van der Waals surface area contributed by atoms with Crippen molar-refractivity contribution in [3.05, 3.63) is 57.0 Å². The molecule has 1 saturated heterocycles. The van der Waals surface area contributed by atoms with Gasteiger partial charge < -0.3 is 14.7 Å². The van der Waals surface area contributed by atoms with E-state index in [0.29, 0.717) is 42.8 Å². The molecule has 0 bridgehead atoms. The highest BCUT2D eigenvalue weighted by Gasteiger charge is 2.21. The number of ether oxygens (including phenoxy) is 1. The van der Waals surface area contributed by atoms with Crippen molar-refractivity contribution in [3.8, 4) is 0 Å². The SMILES string of the molecule is CC(C)(C)c1csc(NC(=O)c2ccn3c(=O)c(C=CC(=O)O)c(N4CCOCC4)nc3c2)n1. The number of nitrogens with zero attached hydrogens (tertiary/aromatic N) is 4. The molecule has 4 heterocycles. The second-order valence-corrected chi connectivity index (χ2v) is 9.67. The summed E-state index contributed by atoms with van der Waals surface area (Å²) in [5, 5.41) is 14.3. The molecule has 1 fully saturated rings. The van der Waals surface area contributed by atoms with Gasteiger partial charge in [0.25, 0.3) is 11.5 Å². The molecular formula is C23H25N5O5S. The number of thiazole rings is 1. The molecule has 34 heavy (non-hydrogen) atoms. The van der Waals surface area contributed by atoms with E-state index < -0.39 is 11.5 Å². The van der Waals surface area contributed by atoms with Gasteiger partial charge in [-0.15, -0.1) is 11.3 Å². The number of fused-ring (bicyclic) bond motifs is 1. The van der Waals surface area contributed by atoms with Crippen LogP contribution in [0.25, 0.3) is 11.7 Å². The van der Waals surface area contributed by atoms with Crippen LogP contribution in [0.15, 0.2) is 34.6 Å². The first-order valence-electron chi connectivity index (χ1n) is 10.7. The Hall–Kier alpha value is -3.57. The van der Waals surface area contributed by atoms with Gasteiger partial charge in [-0.25, -0.2) is 14.8 Å². The third kappa shape index (κ3) is 5.00. The molecule has 1 amide bonds. The molecular weight excluding hydrogens is 458 g/mol. The van der Waals surface area contributed by atoms with E-state index in [0.717, 1.165) is 11.8 Å². The Labute approximate surface area is 199 Å². The van der Waals surface area contributed by atoms with Crippen LogP contribution in [0.1, 0.15) is 42.4 Å². The number of aliphatic carboxylic acids is 1. The van der Waals surface area contributed by atoms with Gasteiger partial charge in [-0.05, 0) is 18.2 Å². The zero-order valence-electron chi connectivity index (χ0n) is 19.1. The number of rotatable bonds is 5. The van der Waals surface area contributed by atoms with Gasteiger partial charge in [0.15, 0.2) is 5.13 Å². The van der Waals surface area contributed by atoms with E-state index >= 15 is 0 Å². The first-order chi connectivity index (χ1) is 16.1. The fourth-order valence-electron chi connectivity index (χ4n) is 3.44. The molecule has 178 valence electrons.